The normalized spacial score (nSPS) is 15.8. The van der Waals surface area contributed by atoms with Crippen LogP contribution < -0.4 is 19.5 Å². The number of rotatable bonds is 5. The van der Waals surface area contributed by atoms with E-state index in [0.29, 0.717) is 29.4 Å². The van der Waals surface area contributed by atoms with Crippen molar-refractivity contribution in [3.63, 3.8) is 0 Å². The van der Waals surface area contributed by atoms with Gasteiger partial charge in [0.15, 0.2) is 17.7 Å². The molecule has 0 bridgehead atoms. The molecular weight excluding hydrogens is 306 g/mol. The number of methoxy groups -OCH3 is 1. The Morgan fingerprint density at radius 1 is 1.25 bits per heavy atom. The second-order valence-electron chi connectivity index (χ2n) is 5.62. The van der Waals surface area contributed by atoms with E-state index < -0.39 is 6.23 Å². The summed E-state index contributed by atoms with van der Waals surface area (Å²) in [7, 11) is 1.57. The largest absolute Gasteiger partial charge is 0.493 e. The minimum atomic E-state index is -0.573. The van der Waals surface area contributed by atoms with Crippen molar-refractivity contribution in [2.24, 2.45) is 0 Å². The summed E-state index contributed by atoms with van der Waals surface area (Å²) in [6.45, 7) is 6.12. The molecule has 2 aromatic carbocycles. The molecule has 5 heteroatoms. The Morgan fingerprint density at radius 2 is 2.04 bits per heavy atom. The number of para-hydroxylation sites is 1. The van der Waals surface area contributed by atoms with Crippen LogP contribution in [-0.2, 0) is 0 Å². The van der Waals surface area contributed by atoms with Crippen LogP contribution in [0.1, 0.15) is 29.1 Å². The molecule has 0 saturated heterocycles. The van der Waals surface area contributed by atoms with Gasteiger partial charge in [0.2, 0.25) is 0 Å². The van der Waals surface area contributed by atoms with Crippen LogP contribution in [0.25, 0.3) is 0 Å². The van der Waals surface area contributed by atoms with Gasteiger partial charge in [-0.05, 0) is 42.8 Å². The first-order valence-electron chi connectivity index (χ1n) is 7.60. The summed E-state index contributed by atoms with van der Waals surface area (Å²) in [6, 6.07) is 12.6. The number of amides is 1. The molecule has 0 fully saturated rings. The predicted molar refractivity (Wildman–Crippen MR) is 90.6 cm³/mol. The van der Waals surface area contributed by atoms with Crippen molar-refractivity contribution >= 4 is 5.91 Å². The van der Waals surface area contributed by atoms with E-state index in [-0.39, 0.29) is 5.91 Å². The molecule has 5 nitrogen and oxygen atoms in total. The Balaban J connectivity index is 1.85. The lowest BCUT2D eigenvalue weighted by atomic mass is 10.1. The van der Waals surface area contributed by atoms with Crippen molar-refractivity contribution in [3.8, 4) is 17.2 Å². The minimum absolute atomic E-state index is 0.163. The minimum Gasteiger partial charge on any atom is -0.493 e. The molecule has 0 radical (unpaired) electrons. The monoisotopic (exact) mass is 325 g/mol. The second kappa shape index (κ2) is 6.66. The van der Waals surface area contributed by atoms with Crippen LogP contribution in [0, 0.1) is 0 Å². The fourth-order valence-electron chi connectivity index (χ4n) is 2.43. The molecule has 1 heterocycles. The van der Waals surface area contributed by atoms with Crippen molar-refractivity contribution in [1.29, 1.82) is 0 Å². The SMILES string of the molecule is C=C(C)COc1ccc(C2NC(=O)c3ccccc3O2)cc1OC. The lowest BCUT2D eigenvalue weighted by molar-refractivity contribution is 0.0755. The fraction of sp³-hybridized carbons (Fsp3) is 0.211. The molecule has 0 spiro atoms. The van der Waals surface area contributed by atoms with Crippen molar-refractivity contribution in [3.05, 3.63) is 65.7 Å². The maximum absolute atomic E-state index is 12.2. The Bertz CT molecular complexity index is 785. The molecule has 2 aromatic rings. The zero-order chi connectivity index (χ0) is 17.1. The summed E-state index contributed by atoms with van der Waals surface area (Å²) in [5.41, 5.74) is 2.22. The van der Waals surface area contributed by atoms with E-state index in [9.17, 15) is 4.79 Å². The van der Waals surface area contributed by atoms with E-state index in [1.807, 2.05) is 19.1 Å². The summed E-state index contributed by atoms with van der Waals surface area (Å²) < 4.78 is 16.9. The van der Waals surface area contributed by atoms with Gasteiger partial charge in [-0.15, -0.1) is 0 Å². The highest BCUT2D eigenvalue weighted by atomic mass is 16.5. The molecule has 1 unspecified atom stereocenters. The van der Waals surface area contributed by atoms with Gasteiger partial charge in [0.25, 0.3) is 5.91 Å². The first-order valence-corrected chi connectivity index (χ1v) is 7.60. The molecule has 24 heavy (non-hydrogen) atoms. The smallest absolute Gasteiger partial charge is 0.258 e. The van der Waals surface area contributed by atoms with Gasteiger partial charge in [-0.3, -0.25) is 4.79 Å². The molecule has 0 aliphatic carbocycles. The number of benzene rings is 2. The number of fused-ring (bicyclic) bond motifs is 1. The Labute approximate surface area is 140 Å². The van der Waals surface area contributed by atoms with Crippen molar-refractivity contribution in [2.45, 2.75) is 13.2 Å². The molecule has 3 rings (SSSR count). The predicted octanol–water partition coefficient (Wildman–Crippen LogP) is 3.47. The lowest BCUT2D eigenvalue weighted by Crippen LogP contribution is -2.36. The summed E-state index contributed by atoms with van der Waals surface area (Å²) >= 11 is 0. The van der Waals surface area contributed by atoms with E-state index in [1.165, 1.54) is 0 Å². The highest BCUT2D eigenvalue weighted by Crippen LogP contribution is 2.34. The third-order valence-electron chi connectivity index (χ3n) is 3.60. The van der Waals surface area contributed by atoms with Crippen molar-refractivity contribution in [2.75, 3.05) is 13.7 Å². The summed E-state index contributed by atoms with van der Waals surface area (Å²) in [6.07, 6.45) is -0.573. The summed E-state index contributed by atoms with van der Waals surface area (Å²) in [4.78, 5) is 12.2. The molecule has 1 aliphatic rings. The zero-order valence-electron chi connectivity index (χ0n) is 13.7. The van der Waals surface area contributed by atoms with Gasteiger partial charge in [-0.1, -0.05) is 18.7 Å². The summed E-state index contributed by atoms with van der Waals surface area (Å²) in [5.74, 6) is 1.59. The third-order valence-corrected chi connectivity index (χ3v) is 3.60. The van der Waals surface area contributed by atoms with Gasteiger partial charge in [-0.2, -0.15) is 0 Å². The number of ether oxygens (including phenoxy) is 3. The van der Waals surface area contributed by atoms with E-state index in [1.54, 1.807) is 37.4 Å². The number of carbonyl (C=O) groups is 1. The van der Waals surface area contributed by atoms with E-state index in [0.717, 1.165) is 11.1 Å². The number of hydrogen-bond acceptors (Lipinski definition) is 4. The van der Waals surface area contributed by atoms with Gasteiger partial charge >= 0.3 is 0 Å². The average Bonchev–Trinajstić information content (AvgIpc) is 2.59. The molecule has 0 saturated carbocycles. The Kier molecular flexibility index (Phi) is 4.42. The quantitative estimate of drug-likeness (QED) is 0.855. The van der Waals surface area contributed by atoms with Crippen LogP contribution in [0.15, 0.2) is 54.6 Å². The first-order chi connectivity index (χ1) is 11.6. The van der Waals surface area contributed by atoms with Crippen molar-refractivity contribution < 1.29 is 19.0 Å². The van der Waals surface area contributed by atoms with Crippen LogP contribution in [0.4, 0.5) is 0 Å². The maximum atomic E-state index is 12.2. The van der Waals surface area contributed by atoms with E-state index in [4.69, 9.17) is 14.2 Å². The number of carbonyl (C=O) groups excluding carboxylic acids is 1. The van der Waals surface area contributed by atoms with Crippen LogP contribution in [-0.4, -0.2) is 19.6 Å². The number of hydrogen-bond donors (Lipinski definition) is 1. The highest BCUT2D eigenvalue weighted by molar-refractivity contribution is 5.98. The van der Waals surface area contributed by atoms with Gasteiger partial charge in [0, 0.05) is 5.56 Å². The Hall–Kier alpha value is -2.95. The molecule has 1 atom stereocenters. The topological polar surface area (TPSA) is 56.8 Å². The van der Waals surface area contributed by atoms with E-state index in [2.05, 4.69) is 11.9 Å². The van der Waals surface area contributed by atoms with E-state index >= 15 is 0 Å². The fourth-order valence-corrected chi connectivity index (χ4v) is 2.43. The first kappa shape index (κ1) is 15.9. The third kappa shape index (κ3) is 3.20. The molecule has 124 valence electrons. The molecule has 1 N–H and O–H groups in total. The van der Waals surface area contributed by atoms with Crippen LogP contribution >= 0.6 is 0 Å². The number of nitrogens with one attached hydrogen (secondary N) is 1. The molecular formula is C19H19NO4. The highest BCUT2D eigenvalue weighted by Gasteiger charge is 2.26. The van der Waals surface area contributed by atoms with Crippen LogP contribution in [0.5, 0.6) is 17.2 Å². The van der Waals surface area contributed by atoms with Crippen LogP contribution in [0.2, 0.25) is 0 Å². The van der Waals surface area contributed by atoms with Gasteiger partial charge in [0.1, 0.15) is 12.4 Å². The summed E-state index contributed by atoms with van der Waals surface area (Å²) in [5, 5.41) is 2.84. The van der Waals surface area contributed by atoms with Crippen molar-refractivity contribution in [1.82, 2.24) is 5.32 Å². The van der Waals surface area contributed by atoms with Gasteiger partial charge < -0.3 is 19.5 Å². The maximum Gasteiger partial charge on any atom is 0.258 e. The van der Waals surface area contributed by atoms with Gasteiger partial charge in [0.05, 0.1) is 12.7 Å². The molecule has 1 aliphatic heterocycles. The second-order valence-corrected chi connectivity index (χ2v) is 5.62. The zero-order valence-corrected chi connectivity index (χ0v) is 13.7. The average molecular weight is 325 g/mol. The molecule has 0 aromatic heterocycles. The molecule has 1 amide bonds. The van der Waals surface area contributed by atoms with Gasteiger partial charge in [-0.25, -0.2) is 0 Å². The standard InChI is InChI=1S/C19H19NO4/c1-12(2)11-23-16-9-8-13(10-17(16)22-3)19-20-18(21)14-6-4-5-7-15(14)24-19/h4-10,19H,1,11H2,2-3H3,(H,20,21). The van der Waals surface area contributed by atoms with Crippen LogP contribution in [0.3, 0.4) is 0 Å². The lowest BCUT2D eigenvalue weighted by Gasteiger charge is -2.27. The Morgan fingerprint density at radius 3 is 2.79 bits per heavy atom.